The van der Waals surface area contributed by atoms with Crippen LogP contribution in [0.3, 0.4) is 0 Å². The van der Waals surface area contributed by atoms with Crippen LogP contribution in [-0.2, 0) is 11.4 Å². The first-order chi connectivity index (χ1) is 13.4. The second kappa shape index (κ2) is 7.74. The second-order valence-corrected chi connectivity index (χ2v) is 10.0. The zero-order valence-corrected chi connectivity index (χ0v) is 18.0. The van der Waals surface area contributed by atoms with Gasteiger partial charge in [0.05, 0.1) is 12.8 Å². The van der Waals surface area contributed by atoms with Gasteiger partial charge >= 0.3 is 0 Å². The van der Waals surface area contributed by atoms with Crippen LogP contribution in [0, 0.1) is 13.8 Å². The normalized spacial score (nSPS) is 15.9. The molecule has 1 N–H and O–H groups in total. The third-order valence-corrected chi connectivity index (χ3v) is 6.21. The summed E-state index contributed by atoms with van der Waals surface area (Å²) in [4.78, 5) is 13.1. The maximum absolute atomic E-state index is 13.1. The molecular weight excluding hydrogens is 370 g/mol. The quantitative estimate of drug-likeness (QED) is 0.614. The van der Waals surface area contributed by atoms with Crippen molar-refractivity contribution >= 4 is 22.3 Å². The van der Waals surface area contributed by atoms with Crippen LogP contribution in [-0.4, -0.2) is 9.30 Å². The van der Waals surface area contributed by atoms with Gasteiger partial charge in [0, 0.05) is 28.1 Å². The molecule has 0 spiro atoms. The third kappa shape index (κ3) is 4.02. The number of rotatable bonds is 4. The Morgan fingerprint density at radius 2 is 1.82 bits per heavy atom. The van der Waals surface area contributed by atoms with Crippen LogP contribution in [0.1, 0.15) is 51.8 Å². The van der Waals surface area contributed by atoms with Crippen molar-refractivity contribution < 1.29 is 10.3 Å². The van der Waals surface area contributed by atoms with Gasteiger partial charge in [0.2, 0.25) is 0 Å². The molecule has 0 saturated carbocycles. The average Bonchev–Trinajstić information content (AvgIpc) is 2.64. The Morgan fingerprint density at radius 1 is 1.18 bits per heavy atom. The smallest absolute Gasteiger partial charge is 0.196 e. The van der Waals surface area contributed by atoms with Gasteiger partial charge in [-0.25, -0.2) is 0 Å². The van der Waals surface area contributed by atoms with Crippen LogP contribution < -0.4 is 10.2 Å². The molecular formula is C23H27NO3S. The van der Waals surface area contributed by atoms with E-state index in [1.807, 2.05) is 64.1 Å². The lowest BCUT2D eigenvalue weighted by atomic mass is 9.99. The van der Waals surface area contributed by atoms with Crippen LogP contribution >= 0.6 is 0 Å². The highest BCUT2D eigenvalue weighted by atomic mass is 32.2. The fourth-order valence-electron chi connectivity index (χ4n) is 3.03. The third-order valence-electron chi connectivity index (χ3n) is 4.61. The predicted molar refractivity (Wildman–Crippen MR) is 117 cm³/mol. The Balaban J connectivity index is 2.28. The molecule has 0 fully saturated rings. The lowest BCUT2D eigenvalue weighted by molar-refractivity contribution is 0.529. The largest absolute Gasteiger partial charge is 0.598 e. The Kier molecular flexibility index (Phi) is 5.32. The topological polar surface area (TPSA) is 65.3 Å². The highest BCUT2D eigenvalue weighted by Crippen LogP contribution is 2.31. The molecule has 28 heavy (non-hydrogen) atoms. The summed E-state index contributed by atoms with van der Waals surface area (Å²) >= 11 is -1.47. The van der Waals surface area contributed by atoms with E-state index in [4.69, 9.17) is 5.79 Å². The molecule has 2 atom stereocenters. The van der Waals surface area contributed by atoms with Gasteiger partial charge in [0.15, 0.2) is 5.43 Å². The van der Waals surface area contributed by atoms with E-state index in [0.29, 0.717) is 27.9 Å². The average molecular weight is 399 g/mol. The molecule has 0 aliphatic heterocycles. The van der Waals surface area contributed by atoms with Gasteiger partial charge < -0.3 is 8.97 Å². The number of aryl methyl sites for hydroxylation is 1. The lowest BCUT2D eigenvalue weighted by Crippen LogP contribution is -2.40. The standard InChI is InChI=1S/C23H27NO3S/c1-14-12-18(16(3)24-28(26)23(4,5)6)22-19(13-14)20(25)15(2)21(27-22)17-10-8-7-9-11-17/h7-13,16,24H,1-6H3/t16-,28-/m1/s1/i16D. The highest BCUT2D eigenvalue weighted by molar-refractivity contribution is 7.90. The van der Waals surface area contributed by atoms with Crippen LogP contribution in [0.4, 0.5) is 0 Å². The summed E-state index contributed by atoms with van der Waals surface area (Å²) in [6, 6.07) is 11.6. The first kappa shape index (κ1) is 19.2. The molecule has 4 nitrogen and oxygen atoms in total. The summed E-state index contributed by atoms with van der Waals surface area (Å²) < 4.78 is 30.2. The fraction of sp³-hybridized carbons (Fsp3) is 0.348. The van der Waals surface area contributed by atoms with E-state index in [1.54, 1.807) is 19.9 Å². The minimum Gasteiger partial charge on any atom is -0.598 e. The Bertz CT molecular complexity index is 1100. The molecule has 3 rings (SSSR count). The van der Waals surface area contributed by atoms with Gasteiger partial charge in [-0.2, -0.15) is 0 Å². The summed E-state index contributed by atoms with van der Waals surface area (Å²) in [6.07, 6.45) is 0. The maximum atomic E-state index is 13.1. The number of nitrogens with one attached hydrogen (secondary N) is 1. The van der Waals surface area contributed by atoms with Crippen molar-refractivity contribution in [3.63, 3.8) is 0 Å². The molecule has 1 heterocycles. The van der Waals surface area contributed by atoms with Crippen molar-refractivity contribution in [1.82, 2.24) is 4.72 Å². The van der Waals surface area contributed by atoms with Crippen LogP contribution in [0.25, 0.3) is 22.3 Å². The Labute approximate surface area is 170 Å². The predicted octanol–water partition coefficient (Wildman–Crippen LogP) is 5.19. The molecule has 0 saturated heterocycles. The number of hydrogen-bond acceptors (Lipinski definition) is 4. The van der Waals surface area contributed by atoms with Crippen molar-refractivity contribution in [2.45, 2.75) is 52.3 Å². The van der Waals surface area contributed by atoms with Crippen molar-refractivity contribution in [1.29, 1.82) is 0 Å². The fourth-order valence-corrected chi connectivity index (χ4v) is 3.72. The van der Waals surface area contributed by atoms with Crippen LogP contribution in [0.2, 0.25) is 0 Å². The molecule has 2 aromatic carbocycles. The molecule has 3 aromatic rings. The van der Waals surface area contributed by atoms with E-state index >= 15 is 0 Å². The molecule has 0 aliphatic carbocycles. The van der Waals surface area contributed by atoms with Crippen molar-refractivity contribution in [2.75, 3.05) is 0 Å². The van der Waals surface area contributed by atoms with E-state index in [2.05, 4.69) is 4.72 Å². The molecule has 0 unspecified atom stereocenters. The molecule has 0 radical (unpaired) electrons. The summed E-state index contributed by atoms with van der Waals surface area (Å²) in [6.45, 7) is 10.8. The summed E-state index contributed by atoms with van der Waals surface area (Å²) in [7, 11) is 0. The Hall–Kier alpha value is -2.08. The molecule has 0 amide bonds. The number of fused-ring (bicyclic) bond motifs is 1. The molecule has 5 heteroatoms. The van der Waals surface area contributed by atoms with E-state index < -0.39 is 22.1 Å². The molecule has 148 valence electrons. The molecule has 0 aliphatic rings. The van der Waals surface area contributed by atoms with Gasteiger partial charge in [0.1, 0.15) is 16.1 Å². The first-order valence-electron chi connectivity index (χ1n) is 9.75. The van der Waals surface area contributed by atoms with Gasteiger partial charge in [-0.05, 0) is 53.2 Å². The zero-order valence-electron chi connectivity index (χ0n) is 18.2. The van der Waals surface area contributed by atoms with Gasteiger partial charge in [0.25, 0.3) is 0 Å². The summed E-state index contributed by atoms with van der Waals surface area (Å²) in [5, 5.41) is 0.430. The van der Waals surface area contributed by atoms with Gasteiger partial charge in [-0.1, -0.05) is 36.4 Å². The number of benzene rings is 2. The van der Waals surface area contributed by atoms with E-state index in [1.165, 1.54) is 0 Å². The van der Waals surface area contributed by atoms with Crippen LogP contribution in [0.15, 0.2) is 51.7 Å². The zero-order chi connectivity index (χ0) is 21.6. The van der Waals surface area contributed by atoms with Crippen LogP contribution in [0.5, 0.6) is 0 Å². The monoisotopic (exact) mass is 398 g/mol. The summed E-state index contributed by atoms with van der Waals surface area (Å²) in [5.74, 6) is 0.487. The first-order valence-corrected chi connectivity index (χ1v) is 10.4. The van der Waals surface area contributed by atoms with Gasteiger partial charge in [-0.3, -0.25) is 4.79 Å². The lowest BCUT2D eigenvalue weighted by Gasteiger charge is -2.27. The Morgan fingerprint density at radius 3 is 2.43 bits per heavy atom. The highest BCUT2D eigenvalue weighted by Gasteiger charge is 2.29. The SMILES string of the molecule is [2H][C@](C)(N[S@+]([O-])C(C)(C)C)c1cc(C)cc2c(=O)c(C)c(-c3ccccc3)oc12. The van der Waals surface area contributed by atoms with Crippen molar-refractivity contribution in [3.05, 3.63) is 69.4 Å². The van der Waals surface area contributed by atoms with E-state index in [0.717, 1.165) is 11.1 Å². The maximum Gasteiger partial charge on any atom is 0.196 e. The second-order valence-electron chi connectivity index (χ2n) is 8.05. The van der Waals surface area contributed by atoms with Crippen molar-refractivity contribution in [2.24, 2.45) is 0 Å². The number of hydrogen-bond donors (Lipinski definition) is 1. The molecule has 0 bridgehead atoms. The summed E-state index contributed by atoms with van der Waals surface area (Å²) in [5.41, 5.74) is 2.88. The van der Waals surface area contributed by atoms with Crippen molar-refractivity contribution in [3.8, 4) is 11.3 Å². The van der Waals surface area contributed by atoms with Gasteiger partial charge in [-0.15, -0.1) is 4.72 Å². The van der Waals surface area contributed by atoms with E-state index in [-0.39, 0.29) is 5.43 Å². The minimum atomic E-state index is -1.47. The minimum absolute atomic E-state index is 0.122. The van der Waals surface area contributed by atoms with E-state index in [9.17, 15) is 9.35 Å². The molecule has 1 aromatic heterocycles.